The molecule has 0 unspecified atom stereocenters. The second-order valence-corrected chi connectivity index (χ2v) is 3.76. The van der Waals surface area contributed by atoms with E-state index in [1.807, 2.05) is 6.92 Å². The molecule has 0 saturated heterocycles. The van der Waals surface area contributed by atoms with Crippen LogP contribution in [0, 0.1) is 10.1 Å². The Morgan fingerprint density at radius 1 is 1.53 bits per heavy atom. The van der Waals surface area contributed by atoms with E-state index in [-0.39, 0.29) is 24.0 Å². The first kappa shape index (κ1) is 13.2. The number of non-ortho nitro benzene ring substituents is 1. The first-order valence-corrected chi connectivity index (χ1v) is 5.44. The molecule has 0 bridgehead atoms. The standard InChI is InChI=1S/C12H15NO4/c1-3-17-12(14)7-9(2)10-5-4-6-11(8-10)13(15)16/h4-6,8-9H,3,7H2,1-2H3/t9-/m1/s1. The summed E-state index contributed by atoms with van der Waals surface area (Å²) in [6, 6.07) is 6.32. The highest BCUT2D eigenvalue weighted by Crippen LogP contribution is 2.23. The highest BCUT2D eigenvalue weighted by molar-refractivity contribution is 5.70. The fourth-order valence-electron chi connectivity index (χ4n) is 1.53. The molecule has 0 aliphatic heterocycles. The van der Waals surface area contributed by atoms with Gasteiger partial charge in [-0.05, 0) is 18.4 Å². The van der Waals surface area contributed by atoms with E-state index >= 15 is 0 Å². The van der Waals surface area contributed by atoms with E-state index < -0.39 is 4.92 Å². The molecule has 1 aromatic carbocycles. The number of carbonyl (C=O) groups is 1. The Hall–Kier alpha value is -1.91. The van der Waals surface area contributed by atoms with E-state index in [4.69, 9.17) is 4.74 Å². The third-order valence-electron chi connectivity index (χ3n) is 2.43. The van der Waals surface area contributed by atoms with Crippen molar-refractivity contribution in [2.24, 2.45) is 0 Å². The highest BCUT2D eigenvalue weighted by atomic mass is 16.6. The molecule has 0 radical (unpaired) electrons. The predicted octanol–water partition coefficient (Wildman–Crippen LogP) is 2.65. The van der Waals surface area contributed by atoms with Crippen LogP contribution in [0.1, 0.15) is 31.7 Å². The molecular formula is C12H15NO4. The molecule has 1 rings (SSSR count). The van der Waals surface area contributed by atoms with Gasteiger partial charge in [-0.1, -0.05) is 19.1 Å². The van der Waals surface area contributed by atoms with E-state index in [0.717, 1.165) is 5.56 Å². The van der Waals surface area contributed by atoms with Crippen molar-refractivity contribution in [3.63, 3.8) is 0 Å². The quantitative estimate of drug-likeness (QED) is 0.448. The second kappa shape index (κ2) is 5.98. The van der Waals surface area contributed by atoms with Crippen molar-refractivity contribution in [1.82, 2.24) is 0 Å². The zero-order valence-electron chi connectivity index (χ0n) is 9.88. The highest BCUT2D eigenvalue weighted by Gasteiger charge is 2.14. The third-order valence-corrected chi connectivity index (χ3v) is 2.43. The van der Waals surface area contributed by atoms with Crippen LogP contribution in [0.4, 0.5) is 5.69 Å². The molecule has 0 aliphatic rings. The minimum Gasteiger partial charge on any atom is -0.466 e. The van der Waals surface area contributed by atoms with Crippen LogP contribution in [0.25, 0.3) is 0 Å². The Labute approximate surface area is 99.5 Å². The summed E-state index contributed by atoms with van der Waals surface area (Å²) in [6.45, 7) is 3.94. The average Bonchev–Trinajstić information content (AvgIpc) is 2.29. The SMILES string of the molecule is CCOC(=O)C[C@@H](C)c1cccc([N+](=O)[O-])c1. The number of hydrogen-bond donors (Lipinski definition) is 0. The summed E-state index contributed by atoms with van der Waals surface area (Å²) >= 11 is 0. The van der Waals surface area contributed by atoms with Crippen molar-refractivity contribution in [2.45, 2.75) is 26.2 Å². The van der Waals surface area contributed by atoms with Crippen molar-refractivity contribution < 1.29 is 14.5 Å². The minimum absolute atomic E-state index is 0.0400. The van der Waals surface area contributed by atoms with Crippen molar-refractivity contribution in [2.75, 3.05) is 6.61 Å². The van der Waals surface area contributed by atoms with Crippen LogP contribution in [0.2, 0.25) is 0 Å². The number of benzene rings is 1. The Balaban J connectivity index is 2.75. The van der Waals surface area contributed by atoms with Crippen LogP contribution in [0.3, 0.4) is 0 Å². The van der Waals surface area contributed by atoms with E-state index in [1.165, 1.54) is 12.1 Å². The molecular weight excluding hydrogens is 222 g/mol. The lowest BCUT2D eigenvalue weighted by atomic mass is 9.97. The topological polar surface area (TPSA) is 69.4 Å². The number of hydrogen-bond acceptors (Lipinski definition) is 4. The van der Waals surface area contributed by atoms with Gasteiger partial charge in [0.25, 0.3) is 5.69 Å². The van der Waals surface area contributed by atoms with Gasteiger partial charge in [0.15, 0.2) is 0 Å². The van der Waals surface area contributed by atoms with Gasteiger partial charge in [-0.25, -0.2) is 0 Å². The molecule has 0 aromatic heterocycles. The maximum absolute atomic E-state index is 11.3. The molecule has 1 atom stereocenters. The van der Waals surface area contributed by atoms with E-state index in [0.29, 0.717) is 6.61 Å². The average molecular weight is 237 g/mol. The molecule has 0 amide bonds. The van der Waals surface area contributed by atoms with Crippen molar-refractivity contribution in [1.29, 1.82) is 0 Å². The predicted molar refractivity (Wildman–Crippen MR) is 62.8 cm³/mol. The fraction of sp³-hybridized carbons (Fsp3) is 0.417. The van der Waals surface area contributed by atoms with Crippen LogP contribution >= 0.6 is 0 Å². The Bertz CT molecular complexity index is 417. The fourth-order valence-corrected chi connectivity index (χ4v) is 1.53. The summed E-state index contributed by atoms with van der Waals surface area (Å²) in [5, 5.41) is 10.6. The van der Waals surface area contributed by atoms with Crippen LogP contribution in [0.5, 0.6) is 0 Å². The van der Waals surface area contributed by atoms with E-state index in [1.54, 1.807) is 19.1 Å². The van der Waals surface area contributed by atoms with Gasteiger partial charge in [-0.15, -0.1) is 0 Å². The summed E-state index contributed by atoms with van der Waals surface area (Å²) in [7, 11) is 0. The Morgan fingerprint density at radius 3 is 2.82 bits per heavy atom. The van der Waals surface area contributed by atoms with Crippen LogP contribution in [0.15, 0.2) is 24.3 Å². The second-order valence-electron chi connectivity index (χ2n) is 3.76. The van der Waals surface area contributed by atoms with Gasteiger partial charge in [-0.2, -0.15) is 0 Å². The summed E-state index contributed by atoms with van der Waals surface area (Å²) in [5.41, 5.74) is 0.811. The molecule has 0 fully saturated rings. The molecule has 0 saturated carbocycles. The van der Waals surface area contributed by atoms with Crippen molar-refractivity contribution >= 4 is 11.7 Å². The molecule has 92 valence electrons. The molecule has 5 nitrogen and oxygen atoms in total. The first-order valence-electron chi connectivity index (χ1n) is 5.44. The number of nitro benzene ring substituents is 1. The third kappa shape index (κ3) is 3.86. The normalized spacial score (nSPS) is 11.9. The van der Waals surface area contributed by atoms with Crippen molar-refractivity contribution in [3.05, 3.63) is 39.9 Å². The van der Waals surface area contributed by atoms with Gasteiger partial charge in [-0.3, -0.25) is 14.9 Å². The zero-order chi connectivity index (χ0) is 12.8. The maximum atomic E-state index is 11.3. The largest absolute Gasteiger partial charge is 0.466 e. The summed E-state index contributed by atoms with van der Waals surface area (Å²) in [6.07, 6.45) is 0.231. The lowest BCUT2D eigenvalue weighted by Gasteiger charge is -2.10. The van der Waals surface area contributed by atoms with E-state index in [9.17, 15) is 14.9 Å². The first-order chi connectivity index (χ1) is 8.04. The summed E-state index contributed by atoms with van der Waals surface area (Å²) in [4.78, 5) is 21.5. The summed E-state index contributed by atoms with van der Waals surface area (Å²) in [5.74, 6) is -0.375. The molecule has 1 aromatic rings. The van der Waals surface area contributed by atoms with Crippen LogP contribution in [-0.4, -0.2) is 17.5 Å². The van der Waals surface area contributed by atoms with Crippen molar-refractivity contribution in [3.8, 4) is 0 Å². The van der Waals surface area contributed by atoms with Gasteiger partial charge in [0.1, 0.15) is 0 Å². The number of ether oxygens (including phenoxy) is 1. The van der Waals surface area contributed by atoms with Gasteiger partial charge in [0.2, 0.25) is 0 Å². The minimum atomic E-state index is -0.444. The number of carbonyl (C=O) groups excluding carboxylic acids is 1. The van der Waals surface area contributed by atoms with E-state index in [2.05, 4.69) is 0 Å². The van der Waals surface area contributed by atoms with Crippen LogP contribution < -0.4 is 0 Å². The maximum Gasteiger partial charge on any atom is 0.306 e. The zero-order valence-corrected chi connectivity index (χ0v) is 9.88. The smallest absolute Gasteiger partial charge is 0.306 e. The Morgan fingerprint density at radius 2 is 2.24 bits per heavy atom. The lowest BCUT2D eigenvalue weighted by Crippen LogP contribution is -2.08. The molecule has 0 N–H and O–H groups in total. The lowest BCUT2D eigenvalue weighted by molar-refractivity contribution is -0.384. The van der Waals surface area contributed by atoms with Gasteiger partial charge in [0, 0.05) is 12.1 Å². The monoisotopic (exact) mass is 237 g/mol. The van der Waals surface area contributed by atoms with Crippen LogP contribution in [-0.2, 0) is 9.53 Å². The Kier molecular flexibility index (Phi) is 4.63. The van der Waals surface area contributed by atoms with Gasteiger partial charge in [0.05, 0.1) is 18.0 Å². The molecule has 0 heterocycles. The number of rotatable bonds is 5. The molecule has 0 aliphatic carbocycles. The number of nitro groups is 1. The van der Waals surface area contributed by atoms with Gasteiger partial charge >= 0.3 is 5.97 Å². The molecule has 5 heteroatoms. The molecule has 0 spiro atoms. The summed E-state index contributed by atoms with van der Waals surface area (Å²) < 4.78 is 4.84. The molecule has 17 heavy (non-hydrogen) atoms. The number of esters is 1. The number of nitrogens with zero attached hydrogens (tertiary/aromatic N) is 1. The van der Waals surface area contributed by atoms with Gasteiger partial charge < -0.3 is 4.74 Å².